The fraction of sp³-hybridized carbons (Fsp3) is 0.0435. The topological polar surface area (TPSA) is 26.3 Å². The Labute approximate surface area is 318 Å². The second-order valence-corrected chi connectivity index (χ2v) is 15.1. The molecule has 6 aromatic carbocycles. The van der Waals surface area contributed by atoms with Gasteiger partial charge < -0.3 is 24.8 Å². The van der Waals surface area contributed by atoms with E-state index in [1.807, 2.05) is 24.7 Å². The van der Waals surface area contributed by atoms with Crippen molar-refractivity contribution in [3.05, 3.63) is 215 Å². The molecule has 2 heterocycles. The first-order valence-corrected chi connectivity index (χ1v) is 18.6. The van der Waals surface area contributed by atoms with Crippen LogP contribution in [0.4, 0.5) is 0 Å². The number of rotatable bonds is 6. The molecule has 2 aliphatic carbocycles. The van der Waals surface area contributed by atoms with Gasteiger partial charge in [0.25, 0.3) is 0 Å². The van der Waals surface area contributed by atoms with Gasteiger partial charge in [-0.2, -0.15) is 0 Å². The standard InChI is InChI=1S/2C23H15O.2ClH.Ti/c2*1-3-10-18-16(7-1)9-5-12-20(18)23-19-11-4-2-8-17(19)15-21(23)22-13-6-14-24-22;;;/h2*1-15H;2*1H;/q;;;;+2/p-2. The molecule has 0 aliphatic heterocycles. The molecule has 2 aromatic heterocycles. The van der Waals surface area contributed by atoms with Crippen molar-refractivity contribution in [1.29, 1.82) is 0 Å². The fourth-order valence-electron chi connectivity index (χ4n) is 8.22. The monoisotopic (exact) mass is 732 g/mol. The zero-order chi connectivity index (χ0) is 32.3. The van der Waals surface area contributed by atoms with Gasteiger partial charge in [0.1, 0.15) is 0 Å². The van der Waals surface area contributed by atoms with Crippen LogP contribution in [0.1, 0.15) is 53.3 Å². The maximum atomic E-state index is 6.35. The first-order chi connectivity index (χ1) is 24.3. The van der Waals surface area contributed by atoms with Crippen LogP contribution in [0.3, 0.4) is 0 Å². The van der Waals surface area contributed by atoms with Crippen LogP contribution < -0.4 is 24.8 Å². The van der Waals surface area contributed by atoms with Gasteiger partial charge in [0.15, 0.2) is 0 Å². The summed E-state index contributed by atoms with van der Waals surface area (Å²) in [6, 6.07) is 57.3. The predicted molar refractivity (Wildman–Crippen MR) is 196 cm³/mol. The van der Waals surface area contributed by atoms with Gasteiger partial charge in [-0.25, -0.2) is 0 Å². The molecule has 0 amide bonds. The van der Waals surface area contributed by atoms with E-state index in [9.17, 15) is 0 Å². The number of benzene rings is 6. The summed E-state index contributed by atoms with van der Waals surface area (Å²) in [7, 11) is 0. The zero-order valence-corrected chi connectivity index (χ0v) is 30.5. The van der Waals surface area contributed by atoms with Crippen molar-refractivity contribution in [2.24, 2.45) is 0 Å². The molecular formula is C46H30Cl2O2Ti. The summed E-state index contributed by atoms with van der Waals surface area (Å²) in [4.78, 5) is 0. The fourth-order valence-corrected chi connectivity index (χ4v) is 11.5. The molecule has 2 nitrogen and oxygen atoms in total. The summed E-state index contributed by atoms with van der Waals surface area (Å²) < 4.78 is 13.1. The van der Waals surface area contributed by atoms with Crippen LogP contribution in [-0.2, 0) is 19.2 Å². The van der Waals surface area contributed by atoms with E-state index in [0.29, 0.717) is 0 Å². The quantitative estimate of drug-likeness (QED) is 0.196. The van der Waals surface area contributed by atoms with Gasteiger partial charge in [-0.05, 0) is 0 Å². The molecule has 2 aliphatic rings. The third-order valence-electron chi connectivity index (χ3n) is 10.2. The molecule has 8 aromatic rings. The maximum absolute atomic E-state index is 6.35. The number of hydrogen-bond donors (Lipinski definition) is 0. The van der Waals surface area contributed by atoms with Crippen molar-refractivity contribution in [2.45, 2.75) is 8.45 Å². The number of fused-ring (bicyclic) bond motifs is 4. The number of furan rings is 2. The molecule has 51 heavy (non-hydrogen) atoms. The number of halogens is 2. The van der Waals surface area contributed by atoms with Gasteiger partial charge in [0, 0.05) is 0 Å². The van der Waals surface area contributed by atoms with E-state index in [-0.39, 0.29) is 33.3 Å². The van der Waals surface area contributed by atoms with E-state index >= 15 is 0 Å². The molecule has 10 rings (SSSR count). The molecule has 0 spiro atoms. The summed E-state index contributed by atoms with van der Waals surface area (Å²) >= 11 is -0.818. The minimum absolute atomic E-state index is 0. The Kier molecular flexibility index (Phi) is 8.96. The van der Waals surface area contributed by atoms with Crippen molar-refractivity contribution in [1.82, 2.24) is 0 Å². The van der Waals surface area contributed by atoms with E-state index in [0.717, 1.165) is 11.5 Å². The van der Waals surface area contributed by atoms with E-state index in [4.69, 9.17) is 8.83 Å². The molecule has 0 bridgehead atoms. The van der Waals surface area contributed by atoms with Crippen LogP contribution in [0.2, 0.25) is 0 Å². The molecule has 2 atom stereocenters. The number of hydrogen-bond acceptors (Lipinski definition) is 2. The van der Waals surface area contributed by atoms with Crippen LogP contribution in [-0.4, -0.2) is 0 Å². The molecular weight excluding hydrogens is 703 g/mol. The third kappa shape index (κ3) is 5.37. The Morgan fingerprint density at radius 1 is 0.373 bits per heavy atom. The molecule has 244 valence electrons. The second-order valence-electron chi connectivity index (χ2n) is 12.8. The summed E-state index contributed by atoms with van der Waals surface area (Å²) in [6.45, 7) is 0. The molecule has 0 fully saturated rings. The molecule has 5 heteroatoms. The van der Waals surface area contributed by atoms with Crippen LogP contribution in [0.15, 0.2) is 179 Å². The zero-order valence-electron chi connectivity index (χ0n) is 27.4. The van der Waals surface area contributed by atoms with Gasteiger partial charge in [-0.15, -0.1) is 0 Å². The van der Waals surface area contributed by atoms with Crippen molar-refractivity contribution in [3.8, 4) is 0 Å². The van der Waals surface area contributed by atoms with Gasteiger partial charge in [0.05, 0.1) is 0 Å². The third-order valence-corrected chi connectivity index (χ3v) is 13.1. The van der Waals surface area contributed by atoms with Gasteiger partial charge in [-0.3, -0.25) is 0 Å². The summed E-state index contributed by atoms with van der Waals surface area (Å²) in [6.07, 6.45) is 3.64. The Morgan fingerprint density at radius 2 is 0.765 bits per heavy atom. The van der Waals surface area contributed by atoms with E-state index in [1.54, 1.807) is 0 Å². The molecule has 2 unspecified atom stereocenters. The number of allylic oxidation sites excluding steroid dienone is 2. The summed E-state index contributed by atoms with van der Waals surface area (Å²) in [5.41, 5.74) is 13.1. The average Bonchev–Trinajstić information content (AvgIpc) is 3.98. The van der Waals surface area contributed by atoms with Gasteiger partial charge in [0.2, 0.25) is 0 Å². The first kappa shape index (κ1) is 33.3. The van der Waals surface area contributed by atoms with Crippen LogP contribution >= 0.6 is 0 Å². The van der Waals surface area contributed by atoms with Gasteiger partial charge in [-0.1, -0.05) is 0 Å². The van der Waals surface area contributed by atoms with Gasteiger partial charge >= 0.3 is 295 Å². The predicted octanol–water partition coefficient (Wildman–Crippen LogP) is 6.00. The van der Waals surface area contributed by atoms with Crippen LogP contribution in [0.5, 0.6) is 0 Å². The normalized spacial score (nSPS) is 16.1. The SMILES string of the molecule is [Cl-].[Cl-].c1coc(C2=C(c3cccc4ccccc34)c3ccccc3[CH]2[Ti+2][CH]2C(c3ccco3)=C(c3cccc4ccccc34)c3ccccc32)c1. The van der Waals surface area contributed by atoms with Crippen molar-refractivity contribution < 1.29 is 52.8 Å². The Bertz CT molecular complexity index is 2410. The van der Waals surface area contributed by atoms with Crippen molar-refractivity contribution in [2.75, 3.05) is 0 Å². The van der Waals surface area contributed by atoms with Crippen molar-refractivity contribution in [3.63, 3.8) is 0 Å². The molecule has 0 radical (unpaired) electrons. The van der Waals surface area contributed by atoms with E-state index in [1.165, 1.54) is 77.2 Å². The first-order valence-electron chi connectivity index (χ1n) is 16.8. The molecule has 0 saturated carbocycles. The Hall–Kier alpha value is -4.83. The summed E-state index contributed by atoms with van der Waals surface area (Å²) in [5.74, 6) is 1.91. The van der Waals surface area contributed by atoms with E-state index in [2.05, 4.69) is 146 Å². The molecule has 0 N–H and O–H groups in total. The van der Waals surface area contributed by atoms with Crippen LogP contribution in [0, 0.1) is 0 Å². The van der Waals surface area contributed by atoms with Crippen molar-refractivity contribution >= 4 is 43.8 Å². The average molecular weight is 734 g/mol. The van der Waals surface area contributed by atoms with E-state index < -0.39 is 19.2 Å². The minimum atomic E-state index is -0.818. The molecule has 0 saturated heterocycles. The van der Waals surface area contributed by atoms with Crippen LogP contribution in [0.25, 0.3) is 43.8 Å². The summed E-state index contributed by atoms with van der Waals surface area (Å²) in [5, 5.41) is 5.02. The second kappa shape index (κ2) is 13.7. The Balaban J connectivity index is 0.00000187. The Morgan fingerprint density at radius 3 is 1.22 bits per heavy atom.